The molecule has 596 valence electrons. The highest BCUT2D eigenvalue weighted by Gasteiger charge is 2.30. The van der Waals surface area contributed by atoms with Gasteiger partial charge in [0.05, 0.1) is 26.4 Å². The minimum Gasteiger partial charge on any atom is -0.462 e. The van der Waals surface area contributed by atoms with Gasteiger partial charge in [0, 0.05) is 25.7 Å². The number of aliphatic hydroxyl groups excluding tert-OH is 1. The van der Waals surface area contributed by atoms with Gasteiger partial charge in [-0.15, -0.1) is 0 Å². The highest BCUT2D eigenvalue weighted by Crippen LogP contribution is 2.45. The molecule has 0 radical (unpaired) electrons. The number of aliphatic hydroxyl groups is 1. The van der Waals surface area contributed by atoms with E-state index in [1.165, 1.54) is 83.5 Å². The van der Waals surface area contributed by atoms with Gasteiger partial charge in [-0.3, -0.25) is 37.3 Å². The summed E-state index contributed by atoms with van der Waals surface area (Å²) in [6, 6.07) is 0. The van der Waals surface area contributed by atoms with Crippen LogP contribution in [0.3, 0.4) is 0 Å². The summed E-state index contributed by atoms with van der Waals surface area (Å²) in [5.74, 6) is -2.30. The van der Waals surface area contributed by atoms with Crippen molar-refractivity contribution in [1.29, 1.82) is 0 Å². The van der Waals surface area contributed by atoms with E-state index in [9.17, 15) is 43.2 Å². The third-order valence-corrected chi connectivity index (χ3v) is 18.5. The number of phosphoric ester groups is 2. The molecule has 0 aromatic carbocycles. The number of ether oxygens (including phenoxy) is 4. The van der Waals surface area contributed by atoms with Crippen molar-refractivity contribution in [2.75, 3.05) is 39.6 Å². The summed E-state index contributed by atoms with van der Waals surface area (Å²) in [5.41, 5.74) is 0. The first-order chi connectivity index (χ1) is 50.7. The first-order valence-corrected chi connectivity index (χ1v) is 43.4. The third-order valence-electron chi connectivity index (χ3n) is 16.6. The van der Waals surface area contributed by atoms with E-state index in [1.54, 1.807) is 0 Å². The fourth-order valence-electron chi connectivity index (χ4n) is 10.5. The van der Waals surface area contributed by atoms with Crippen molar-refractivity contribution in [3.05, 3.63) is 134 Å². The lowest BCUT2D eigenvalue weighted by atomic mass is 10.0. The Bertz CT molecular complexity index is 2490. The summed E-state index contributed by atoms with van der Waals surface area (Å²) < 4.78 is 68.6. The van der Waals surface area contributed by atoms with Crippen molar-refractivity contribution < 1.29 is 80.2 Å². The maximum atomic E-state index is 13.1. The standard InChI is InChI=1S/C85H144O17P2/c1-5-9-13-17-21-25-29-33-37-38-39-40-44-46-50-54-58-62-66-70-83(88)96-76-81(102-85(90)72-68-64-60-56-52-48-43-36-32-28-24-20-16-12-8-4)78-100-104(93,94)98-74-79(86)73-97-103(91,92)99-77-80(101-84(89)71-67-63-59-55-51-47-42-35-31-27-23-19-15-11-7-3)75-95-82(87)69-65-61-57-53-49-45-41-34-30-26-22-18-14-10-6-2/h9-10,13-14,21-22,24-26,28,33-34,36-37,39-41,43,46,50,58,62,79-81,86H,5-8,11-12,15-20,23,27,29-32,35,38,42,44-45,47-49,51-57,59-61,63-78H2,1-4H3,(H,91,92)(H,93,94)/b13-9-,14-10-,25-21-,26-22-,28-24-,37-33-,40-39-,41-34-,43-36-,50-46-,62-58-. The number of esters is 4. The van der Waals surface area contributed by atoms with Crippen molar-refractivity contribution in [1.82, 2.24) is 0 Å². The van der Waals surface area contributed by atoms with Gasteiger partial charge >= 0.3 is 39.5 Å². The molecular formula is C85H144O17P2. The number of hydrogen-bond acceptors (Lipinski definition) is 15. The fraction of sp³-hybridized carbons (Fsp3) is 0.694. The fourth-order valence-corrected chi connectivity index (χ4v) is 12.1. The highest BCUT2D eigenvalue weighted by molar-refractivity contribution is 7.47. The largest absolute Gasteiger partial charge is 0.472 e. The third kappa shape index (κ3) is 75.4. The van der Waals surface area contributed by atoms with Crippen molar-refractivity contribution in [3.63, 3.8) is 0 Å². The van der Waals surface area contributed by atoms with Gasteiger partial charge in [0.2, 0.25) is 0 Å². The maximum absolute atomic E-state index is 13.1. The molecule has 19 heteroatoms. The number of carbonyl (C=O) groups is 4. The second kappa shape index (κ2) is 76.4. The van der Waals surface area contributed by atoms with Crippen LogP contribution in [0.4, 0.5) is 0 Å². The zero-order valence-corrected chi connectivity index (χ0v) is 66.9. The first kappa shape index (κ1) is 99.2. The molecule has 0 aliphatic rings. The summed E-state index contributed by atoms with van der Waals surface area (Å²) >= 11 is 0. The number of phosphoric acid groups is 2. The van der Waals surface area contributed by atoms with Crippen molar-refractivity contribution in [2.45, 2.75) is 341 Å². The Labute approximate surface area is 631 Å². The van der Waals surface area contributed by atoms with Crippen LogP contribution in [0.15, 0.2) is 134 Å². The first-order valence-electron chi connectivity index (χ1n) is 40.4. The maximum Gasteiger partial charge on any atom is 0.472 e. The second-order valence-electron chi connectivity index (χ2n) is 26.6. The monoisotopic (exact) mass is 1500 g/mol. The lowest BCUT2D eigenvalue weighted by molar-refractivity contribution is -0.161. The lowest BCUT2D eigenvalue weighted by Gasteiger charge is -2.21. The zero-order chi connectivity index (χ0) is 76.0. The number of unbranched alkanes of at least 4 members (excludes halogenated alkanes) is 27. The van der Waals surface area contributed by atoms with Crippen LogP contribution in [0, 0.1) is 0 Å². The minimum atomic E-state index is -5.00. The average Bonchev–Trinajstić information content (AvgIpc) is 0.918. The number of rotatable bonds is 75. The quantitative estimate of drug-likeness (QED) is 0.0169. The summed E-state index contributed by atoms with van der Waals surface area (Å²) in [5, 5.41) is 10.6. The molecule has 0 saturated heterocycles. The van der Waals surface area contributed by atoms with Crippen LogP contribution in [0.5, 0.6) is 0 Å². The van der Waals surface area contributed by atoms with Crippen LogP contribution in [0.25, 0.3) is 0 Å². The molecule has 0 aliphatic carbocycles. The van der Waals surface area contributed by atoms with Gasteiger partial charge in [-0.05, 0) is 128 Å². The molecule has 0 heterocycles. The smallest absolute Gasteiger partial charge is 0.462 e. The van der Waals surface area contributed by atoms with E-state index in [0.29, 0.717) is 32.1 Å². The molecule has 5 unspecified atom stereocenters. The molecule has 0 rings (SSSR count). The Hall–Kier alpha value is -4.80. The van der Waals surface area contributed by atoms with Crippen LogP contribution in [-0.2, 0) is 65.4 Å². The molecule has 0 spiro atoms. The van der Waals surface area contributed by atoms with E-state index in [2.05, 4.69) is 143 Å². The van der Waals surface area contributed by atoms with Gasteiger partial charge in [0.15, 0.2) is 12.2 Å². The van der Waals surface area contributed by atoms with E-state index >= 15 is 0 Å². The van der Waals surface area contributed by atoms with Crippen LogP contribution < -0.4 is 0 Å². The van der Waals surface area contributed by atoms with Gasteiger partial charge in [-0.2, -0.15) is 0 Å². The molecule has 0 saturated carbocycles. The normalized spacial score (nSPS) is 14.6. The molecule has 0 aromatic heterocycles. The van der Waals surface area contributed by atoms with Crippen LogP contribution in [-0.4, -0.2) is 96.7 Å². The molecule has 5 atom stereocenters. The van der Waals surface area contributed by atoms with Gasteiger partial charge in [-0.1, -0.05) is 303 Å². The summed E-state index contributed by atoms with van der Waals surface area (Å²) in [4.78, 5) is 73.0. The Morgan fingerprint density at radius 2 is 0.519 bits per heavy atom. The topological polar surface area (TPSA) is 237 Å². The highest BCUT2D eigenvalue weighted by atomic mass is 31.2. The molecule has 104 heavy (non-hydrogen) atoms. The Morgan fingerprint density at radius 3 is 0.846 bits per heavy atom. The van der Waals surface area contributed by atoms with Crippen molar-refractivity contribution in [2.24, 2.45) is 0 Å². The Kier molecular flexibility index (Phi) is 72.9. The summed E-state index contributed by atoms with van der Waals surface area (Å²) in [7, 11) is -9.99. The predicted octanol–water partition coefficient (Wildman–Crippen LogP) is 23.7. The van der Waals surface area contributed by atoms with Gasteiger partial charge < -0.3 is 33.8 Å². The molecule has 0 bridgehead atoms. The van der Waals surface area contributed by atoms with E-state index in [4.69, 9.17) is 37.0 Å². The summed E-state index contributed by atoms with van der Waals surface area (Å²) in [6.45, 7) is 4.53. The summed E-state index contributed by atoms with van der Waals surface area (Å²) in [6.07, 6.45) is 85.8. The van der Waals surface area contributed by atoms with Gasteiger partial charge in [0.25, 0.3) is 0 Å². The van der Waals surface area contributed by atoms with Crippen molar-refractivity contribution in [3.8, 4) is 0 Å². The molecule has 0 aliphatic heterocycles. The van der Waals surface area contributed by atoms with Crippen LogP contribution in [0.2, 0.25) is 0 Å². The number of allylic oxidation sites excluding steroid dienone is 22. The van der Waals surface area contributed by atoms with E-state index in [-0.39, 0.29) is 25.7 Å². The van der Waals surface area contributed by atoms with E-state index in [1.807, 2.05) is 18.2 Å². The number of carbonyl (C=O) groups excluding carboxylic acids is 4. The molecule has 0 amide bonds. The second-order valence-corrected chi connectivity index (χ2v) is 29.5. The SMILES string of the molecule is CC/C=C\C/C=C\C/C=C\C/C=C\C/C=C\C/C=C\CCC(=O)OCC(COP(=O)(O)OCC(O)COP(=O)(O)OCC(COC(=O)CCCCCCC/C=C\C/C=C\C/C=C\CC)OC(=O)CCCCCCCCCCCCCCCCC)OC(=O)CCCCCCC/C=C\C/C=C\CCCCC. The average molecular weight is 1500 g/mol. The van der Waals surface area contributed by atoms with Crippen LogP contribution in [0.1, 0.15) is 323 Å². The predicted molar refractivity (Wildman–Crippen MR) is 427 cm³/mol. The lowest BCUT2D eigenvalue weighted by Crippen LogP contribution is -2.30. The minimum absolute atomic E-state index is 0.0304. The number of hydrogen-bond donors (Lipinski definition) is 3. The molecular weight excluding hydrogens is 1350 g/mol. The molecule has 0 aromatic rings. The van der Waals surface area contributed by atoms with E-state index in [0.717, 1.165) is 154 Å². The van der Waals surface area contributed by atoms with Crippen LogP contribution >= 0.6 is 15.6 Å². The van der Waals surface area contributed by atoms with Crippen molar-refractivity contribution >= 4 is 39.5 Å². The van der Waals surface area contributed by atoms with Gasteiger partial charge in [0.1, 0.15) is 19.3 Å². The van der Waals surface area contributed by atoms with Gasteiger partial charge in [-0.25, -0.2) is 9.13 Å². The molecule has 0 fully saturated rings. The van der Waals surface area contributed by atoms with E-state index < -0.39 is 97.5 Å². The Morgan fingerprint density at radius 1 is 0.279 bits per heavy atom. The molecule has 17 nitrogen and oxygen atoms in total. The molecule has 3 N–H and O–H groups in total. The Balaban J connectivity index is 5.44. The zero-order valence-electron chi connectivity index (χ0n) is 65.2.